The Bertz CT molecular complexity index is 567. The van der Waals surface area contributed by atoms with Gasteiger partial charge in [-0.1, -0.05) is 0 Å². The monoisotopic (exact) mass is 281 g/mol. The summed E-state index contributed by atoms with van der Waals surface area (Å²) in [5.74, 6) is 0.128. The van der Waals surface area contributed by atoms with Crippen molar-refractivity contribution in [2.45, 2.75) is 18.8 Å². The van der Waals surface area contributed by atoms with Crippen LogP contribution in [0.1, 0.15) is 16.0 Å². The van der Waals surface area contributed by atoms with Crippen molar-refractivity contribution in [1.29, 1.82) is 0 Å². The fourth-order valence-electron chi connectivity index (χ4n) is 2.42. The molecule has 0 atom stereocenters. The van der Waals surface area contributed by atoms with E-state index in [1.54, 1.807) is 0 Å². The van der Waals surface area contributed by atoms with E-state index in [2.05, 4.69) is 16.3 Å². The number of rotatable bonds is 2. The summed E-state index contributed by atoms with van der Waals surface area (Å²) in [6.45, 7) is 1.87. The van der Waals surface area contributed by atoms with Gasteiger partial charge in [0.05, 0.1) is 0 Å². The van der Waals surface area contributed by atoms with Crippen LogP contribution in [0.25, 0.3) is 0 Å². The van der Waals surface area contributed by atoms with Gasteiger partial charge in [-0.25, -0.2) is 4.39 Å². The molecule has 0 saturated carbocycles. The lowest BCUT2D eigenvalue weighted by Crippen LogP contribution is -2.30. The highest BCUT2D eigenvalue weighted by molar-refractivity contribution is 7.10. The highest BCUT2D eigenvalue weighted by atomic mass is 35.5. The zero-order valence-corrected chi connectivity index (χ0v) is 11.4. The van der Waals surface area contributed by atoms with Gasteiger partial charge >= 0.3 is 0 Å². The van der Waals surface area contributed by atoms with Crippen LogP contribution in [0.15, 0.2) is 29.6 Å². The summed E-state index contributed by atoms with van der Waals surface area (Å²) >= 11 is 7.73. The second-order valence-electron chi connectivity index (χ2n) is 4.45. The van der Waals surface area contributed by atoms with Gasteiger partial charge in [0.2, 0.25) is 0 Å². The van der Waals surface area contributed by atoms with Crippen molar-refractivity contribution in [3.05, 3.63) is 51.5 Å². The van der Waals surface area contributed by atoms with E-state index < -0.39 is 0 Å². The first-order valence-electron chi connectivity index (χ1n) is 5.92. The highest BCUT2D eigenvalue weighted by Crippen LogP contribution is 2.30. The number of halogens is 2. The van der Waals surface area contributed by atoms with Gasteiger partial charge < -0.3 is 4.90 Å². The van der Waals surface area contributed by atoms with Gasteiger partial charge in [-0.15, -0.1) is 22.9 Å². The molecule has 1 nitrogen and oxygen atoms in total. The molecule has 2 aromatic rings. The van der Waals surface area contributed by atoms with Gasteiger partial charge in [0.15, 0.2) is 0 Å². The molecule has 0 unspecified atom stereocenters. The lowest BCUT2D eigenvalue weighted by atomic mass is 10.1. The molecule has 0 aliphatic carbocycles. The molecule has 94 valence electrons. The first-order chi connectivity index (χ1) is 8.78. The number of fused-ring (bicyclic) bond motifs is 1. The van der Waals surface area contributed by atoms with Gasteiger partial charge in [-0.2, -0.15) is 0 Å². The molecule has 0 fully saturated rings. The topological polar surface area (TPSA) is 3.24 Å². The van der Waals surface area contributed by atoms with Crippen molar-refractivity contribution in [2.75, 3.05) is 11.4 Å². The maximum Gasteiger partial charge on any atom is 0.123 e. The fourth-order valence-corrected chi connectivity index (χ4v) is 3.53. The average Bonchev–Trinajstić information content (AvgIpc) is 2.85. The zero-order chi connectivity index (χ0) is 12.5. The molecule has 0 radical (unpaired) electrons. The van der Waals surface area contributed by atoms with E-state index in [1.807, 2.05) is 17.4 Å². The Morgan fingerprint density at radius 1 is 1.33 bits per heavy atom. The van der Waals surface area contributed by atoms with Crippen molar-refractivity contribution in [3.63, 3.8) is 0 Å². The van der Waals surface area contributed by atoms with E-state index in [0.29, 0.717) is 5.88 Å². The lowest BCUT2D eigenvalue weighted by Gasteiger charge is -2.30. The molecular weight excluding hydrogens is 269 g/mol. The van der Waals surface area contributed by atoms with E-state index in [-0.39, 0.29) is 5.82 Å². The zero-order valence-electron chi connectivity index (χ0n) is 9.83. The molecule has 0 N–H and O–H groups in total. The largest absolute Gasteiger partial charge is 0.367 e. The van der Waals surface area contributed by atoms with Gasteiger partial charge in [0.25, 0.3) is 0 Å². The van der Waals surface area contributed by atoms with E-state index in [0.717, 1.165) is 30.8 Å². The molecule has 0 spiro atoms. The predicted octanol–water partition coefficient (Wildman–Crippen LogP) is 4.19. The number of benzene rings is 1. The van der Waals surface area contributed by atoms with E-state index in [4.69, 9.17) is 11.6 Å². The molecule has 0 saturated heterocycles. The predicted molar refractivity (Wildman–Crippen MR) is 75.0 cm³/mol. The standard InChI is InChI=1S/C14H13ClFNS/c15-8-11-7-12(16)1-2-13(11)17-5-3-14-10(9-17)4-6-18-14/h1-2,4,6-7H,3,5,8-9H2. The normalized spacial score (nSPS) is 14.7. The molecule has 18 heavy (non-hydrogen) atoms. The minimum atomic E-state index is -0.220. The molecule has 1 aliphatic rings. The Balaban J connectivity index is 1.93. The fraction of sp³-hybridized carbons (Fsp3) is 0.286. The summed E-state index contributed by atoms with van der Waals surface area (Å²) < 4.78 is 13.2. The van der Waals surface area contributed by atoms with Crippen LogP contribution in [0.4, 0.5) is 10.1 Å². The van der Waals surface area contributed by atoms with Crippen LogP contribution in [-0.4, -0.2) is 6.54 Å². The summed E-state index contributed by atoms with van der Waals surface area (Å²) in [4.78, 5) is 3.76. The van der Waals surface area contributed by atoms with Crippen LogP contribution >= 0.6 is 22.9 Å². The van der Waals surface area contributed by atoms with Crippen molar-refractivity contribution < 1.29 is 4.39 Å². The lowest BCUT2D eigenvalue weighted by molar-refractivity contribution is 0.625. The van der Waals surface area contributed by atoms with Crippen LogP contribution in [0.3, 0.4) is 0 Å². The van der Waals surface area contributed by atoms with Gasteiger partial charge in [0.1, 0.15) is 5.82 Å². The highest BCUT2D eigenvalue weighted by Gasteiger charge is 2.19. The Morgan fingerprint density at radius 2 is 2.22 bits per heavy atom. The maximum atomic E-state index is 13.2. The Kier molecular flexibility index (Phi) is 3.27. The average molecular weight is 282 g/mol. The van der Waals surface area contributed by atoms with Gasteiger partial charge in [0, 0.05) is 29.5 Å². The first-order valence-corrected chi connectivity index (χ1v) is 7.34. The minimum absolute atomic E-state index is 0.220. The van der Waals surface area contributed by atoms with Crippen LogP contribution in [0, 0.1) is 5.82 Å². The van der Waals surface area contributed by atoms with Crippen molar-refractivity contribution in [2.24, 2.45) is 0 Å². The van der Waals surface area contributed by atoms with E-state index in [1.165, 1.54) is 22.6 Å². The number of hydrogen-bond donors (Lipinski definition) is 0. The van der Waals surface area contributed by atoms with Gasteiger partial charge in [-0.05, 0) is 47.2 Å². The van der Waals surface area contributed by atoms with Crippen LogP contribution in [-0.2, 0) is 18.8 Å². The first kappa shape index (κ1) is 12.0. The smallest absolute Gasteiger partial charge is 0.123 e. The number of hydrogen-bond acceptors (Lipinski definition) is 2. The number of thiophene rings is 1. The quantitative estimate of drug-likeness (QED) is 0.746. The Hall–Kier alpha value is -1.06. The van der Waals surface area contributed by atoms with E-state index in [9.17, 15) is 4.39 Å². The third-order valence-electron chi connectivity index (χ3n) is 3.33. The number of nitrogens with zero attached hydrogens (tertiary/aromatic N) is 1. The van der Waals surface area contributed by atoms with Gasteiger partial charge in [-0.3, -0.25) is 0 Å². The van der Waals surface area contributed by atoms with E-state index >= 15 is 0 Å². The number of alkyl halides is 1. The maximum absolute atomic E-state index is 13.2. The molecule has 1 aliphatic heterocycles. The third-order valence-corrected chi connectivity index (χ3v) is 4.64. The van der Waals surface area contributed by atoms with Crippen molar-refractivity contribution in [3.8, 4) is 0 Å². The Morgan fingerprint density at radius 3 is 3.06 bits per heavy atom. The molecule has 1 aromatic heterocycles. The molecule has 0 bridgehead atoms. The molecule has 3 rings (SSSR count). The number of anilines is 1. The molecular formula is C14H13ClFNS. The Labute approximate surface area is 115 Å². The van der Waals surface area contributed by atoms with Crippen LogP contribution in [0.2, 0.25) is 0 Å². The third kappa shape index (κ3) is 2.13. The minimum Gasteiger partial charge on any atom is -0.367 e. The van der Waals surface area contributed by atoms with Crippen molar-refractivity contribution in [1.82, 2.24) is 0 Å². The van der Waals surface area contributed by atoms with Crippen LogP contribution < -0.4 is 4.90 Å². The second-order valence-corrected chi connectivity index (χ2v) is 5.72. The summed E-state index contributed by atoms with van der Waals surface area (Å²) in [5.41, 5.74) is 3.31. The van der Waals surface area contributed by atoms with Crippen LogP contribution in [0.5, 0.6) is 0 Å². The summed E-state index contributed by atoms with van der Waals surface area (Å²) in [6, 6.07) is 7.06. The molecule has 4 heteroatoms. The molecule has 2 heterocycles. The van der Waals surface area contributed by atoms with Crippen molar-refractivity contribution >= 4 is 28.6 Å². The summed E-state index contributed by atoms with van der Waals surface area (Å²) in [7, 11) is 0. The SMILES string of the molecule is Fc1ccc(N2CCc3sccc3C2)c(CCl)c1. The molecule has 1 aromatic carbocycles. The molecule has 0 amide bonds. The summed E-state index contributed by atoms with van der Waals surface area (Å²) in [6.07, 6.45) is 1.06. The summed E-state index contributed by atoms with van der Waals surface area (Å²) in [5, 5.41) is 2.14. The second kappa shape index (κ2) is 4.90.